The molecule has 1 aliphatic heterocycles. The average molecular weight is 323 g/mol. The Morgan fingerprint density at radius 3 is 2.87 bits per heavy atom. The lowest BCUT2D eigenvalue weighted by Gasteiger charge is -2.19. The van der Waals surface area contributed by atoms with Crippen LogP contribution in [0.5, 0.6) is 0 Å². The van der Waals surface area contributed by atoms with Crippen LogP contribution in [0.15, 0.2) is 27.2 Å². The van der Waals surface area contributed by atoms with Gasteiger partial charge in [0.15, 0.2) is 5.82 Å². The van der Waals surface area contributed by atoms with E-state index in [0.717, 1.165) is 4.57 Å². The van der Waals surface area contributed by atoms with Gasteiger partial charge in [0.1, 0.15) is 12.3 Å². The number of aliphatic imine (C=N–C) groups is 1. The van der Waals surface area contributed by atoms with E-state index in [4.69, 9.17) is 10.3 Å². The highest BCUT2D eigenvalue weighted by atomic mass is 16.7. The lowest BCUT2D eigenvalue weighted by Crippen LogP contribution is -2.38. The summed E-state index contributed by atoms with van der Waals surface area (Å²) in [6.07, 6.45) is 0.354. The van der Waals surface area contributed by atoms with E-state index in [2.05, 4.69) is 20.0 Å². The van der Waals surface area contributed by atoms with E-state index in [1.807, 2.05) is 0 Å². The van der Waals surface area contributed by atoms with E-state index < -0.39 is 29.9 Å². The summed E-state index contributed by atoms with van der Waals surface area (Å²) in [7, 11) is 3.55. The van der Waals surface area contributed by atoms with Crippen molar-refractivity contribution in [2.24, 2.45) is 16.0 Å². The molecule has 0 aromatic carbocycles. The van der Waals surface area contributed by atoms with Crippen LogP contribution < -0.4 is 5.69 Å². The molecule has 1 aromatic rings. The maximum atomic E-state index is 12.1. The zero-order valence-electron chi connectivity index (χ0n) is 12.8. The fourth-order valence-electron chi connectivity index (χ4n) is 2.15. The molecule has 2 heterocycles. The Morgan fingerprint density at radius 2 is 2.30 bits per heavy atom. The molecule has 1 fully saturated rings. The number of hydrogen-bond donors (Lipinski definition) is 2. The Hall–Kier alpha value is -2.46. The van der Waals surface area contributed by atoms with Crippen molar-refractivity contribution in [2.75, 3.05) is 14.1 Å². The Morgan fingerprint density at radius 1 is 1.61 bits per heavy atom. The molecule has 0 amide bonds. The summed E-state index contributed by atoms with van der Waals surface area (Å²) in [4.78, 5) is 24.0. The number of hydrogen-bond acceptors (Lipinski definition) is 7. The van der Waals surface area contributed by atoms with E-state index >= 15 is 0 Å². The van der Waals surface area contributed by atoms with Crippen LogP contribution in [0.4, 0.5) is 5.82 Å². The van der Waals surface area contributed by atoms with Crippen molar-refractivity contribution in [3.8, 4) is 0 Å². The van der Waals surface area contributed by atoms with Crippen molar-refractivity contribution < 1.29 is 14.9 Å². The molecule has 4 atom stereocenters. The molecule has 0 spiro atoms. The molecule has 23 heavy (non-hydrogen) atoms. The summed E-state index contributed by atoms with van der Waals surface area (Å²) in [5.41, 5.74) is 7.78. The van der Waals surface area contributed by atoms with E-state index in [-0.39, 0.29) is 5.82 Å². The van der Waals surface area contributed by atoms with Gasteiger partial charge in [-0.05, 0) is 16.7 Å². The first-order chi connectivity index (χ1) is 10.8. The molecule has 0 aliphatic carbocycles. The van der Waals surface area contributed by atoms with Gasteiger partial charge in [-0.1, -0.05) is 6.92 Å². The van der Waals surface area contributed by atoms with Crippen LogP contribution in [0.25, 0.3) is 10.4 Å². The van der Waals surface area contributed by atoms with E-state index in [1.165, 1.54) is 18.6 Å². The fourth-order valence-corrected chi connectivity index (χ4v) is 2.15. The SMILES string of the molecule is C[C@@H]1[C@H](n2ccc(/N=C/N(C)C)nc2=O)O[C@@](O)(N=[N+]=[N-])[C@H]1O. The van der Waals surface area contributed by atoms with Crippen molar-refractivity contribution >= 4 is 12.2 Å². The van der Waals surface area contributed by atoms with Gasteiger partial charge in [0.2, 0.25) is 0 Å². The maximum Gasteiger partial charge on any atom is 0.351 e. The lowest BCUT2D eigenvalue weighted by atomic mass is 10.0. The largest absolute Gasteiger partial charge is 0.387 e. The molecule has 0 saturated carbocycles. The molecular weight excluding hydrogens is 306 g/mol. The first kappa shape index (κ1) is 16.9. The number of aromatic nitrogens is 2. The van der Waals surface area contributed by atoms with Crippen LogP contribution in [0.2, 0.25) is 0 Å². The summed E-state index contributed by atoms with van der Waals surface area (Å²) in [6, 6.07) is 1.48. The lowest BCUT2D eigenvalue weighted by molar-refractivity contribution is -0.233. The highest BCUT2D eigenvalue weighted by Gasteiger charge is 2.52. The van der Waals surface area contributed by atoms with Crippen LogP contribution in [-0.4, -0.2) is 57.1 Å². The molecule has 1 aliphatic rings. The van der Waals surface area contributed by atoms with Gasteiger partial charge in [0, 0.05) is 31.1 Å². The zero-order chi connectivity index (χ0) is 17.2. The zero-order valence-corrected chi connectivity index (χ0v) is 12.8. The molecule has 1 saturated heterocycles. The van der Waals surface area contributed by atoms with Crippen molar-refractivity contribution in [3.63, 3.8) is 0 Å². The fraction of sp³-hybridized carbons (Fsp3) is 0.583. The third kappa shape index (κ3) is 3.32. The van der Waals surface area contributed by atoms with Gasteiger partial charge in [-0.3, -0.25) is 4.57 Å². The molecule has 11 heteroatoms. The first-order valence-electron chi connectivity index (χ1n) is 6.73. The summed E-state index contributed by atoms with van der Waals surface area (Å²) in [5, 5.41) is 23.0. The predicted molar refractivity (Wildman–Crippen MR) is 79.7 cm³/mol. The number of azide groups is 1. The van der Waals surface area contributed by atoms with Crippen LogP contribution >= 0.6 is 0 Å². The third-order valence-corrected chi connectivity index (χ3v) is 3.33. The maximum absolute atomic E-state index is 12.1. The highest BCUT2D eigenvalue weighted by molar-refractivity contribution is 5.58. The summed E-state index contributed by atoms with van der Waals surface area (Å²) in [5.74, 6) is -2.93. The second kappa shape index (κ2) is 6.34. The first-order valence-corrected chi connectivity index (χ1v) is 6.73. The second-order valence-electron chi connectivity index (χ2n) is 5.34. The van der Waals surface area contributed by atoms with Gasteiger partial charge in [-0.2, -0.15) is 4.98 Å². The topological polar surface area (TPSA) is 149 Å². The van der Waals surface area contributed by atoms with Gasteiger partial charge in [0.05, 0.1) is 6.34 Å². The van der Waals surface area contributed by atoms with Crippen LogP contribution in [0.1, 0.15) is 13.2 Å². The number of aliphatic hydroxyl groups excluding tert-OH is 1. The Balaban J connectivity index is 2.33. The van der Waals surface area contributed by atoms with Crippen LogP contribution in [0.3, 0.4) is 0 Å². The molecule has 2 N–H and O–H groups in total. The van der Waals surface area contributed by atoms with Gasteiger partial charge in [-0.15, -0.1) is 0 Å². The standard InChI is InChI=1S/C12H17N7O4/c1-7-9(20)12(22,16-17-13)23-10(7)19-5-4-8(15-11(19)21)14-6-18(2)3/h4-7,9-10,20,22H,1-3H3/b14-6+/t7-,9-,10+,12+/m0/s1. The smallest absolute Gasteiger partial charge is 0.351 e. The minimum atomic E-state index is -2.43. The van der Waals surface area contributed by atoms with Gasteiger partial charge >= 0.3 is 5.69 Å². The number of rotatable bonds is 4. The second-order valence-corrected chi connectivity index (χ2v) is 5.34. The van der Waals surface area contributed by atoms with Crippen molar-refractivity contribution in [3.05, 3.63) is 33.2 Å². The third-order valence-electron chi connectivity index (χ3n) is 3.33. The van der Waals surface area contributed by atoms with E-state index in [1.54, 1.807) is 25.9 Å². The molecule has 0 unspecified atom stereocenters. The Labute approximate surface area is 131 Å². The molecule has 124 valence electrons. The molecule has 2 rings (SSSR count). The van der Waals surface area contributed by atoms with E-state index in [9.17, 15) is 15.0 Å². The quantitative estimate of drug-likeness (QED) is 0.261. The molecule has 1 aromatic heterocycles. The van der Waals surface area contributed by atoms with Crippen molar-refractivity contribution in [1.29, 1.82) is 0 Å². The van der Waals surface area contributed by atoms with Gasteiger partial charge < -0.3 is 19.8 Å². The predicted octanol–water partition coefficient (Wildman–Crippen LogP) is -0.0531. The summed E-state index contributed by atoms with van der Waals surface area (Å²) >= 11 is 0. The molecule has 0 radical (unpaired) electrons. The summed E-state index contributed by atoms with van der Waals surface area (Å²) < 4.78 is 6.27. The Kier molecular flexibility index (Phi) is 4.66. The van der Waals surface area contributed by atoms with E-state index in [0.29, 0.717) is 0 Å². The van der Waals surface area contributed by atoms with Crippen LogP contribution in [-0.2, 0) is 4.74 Å². The van der Waals surface area contributed by atoms with Gasteiger partial charge in [0.25, 0.3) is 5.91 Å². The normalized spacial score (nSPS) is 30.4. The van der Waals surface area contributed by atoms with Gasteiger partial charge in [-0.25, -0.2) is 9.79 Å². The minimum absolute atomic E-state index is 0.205. The van der Waals surface area contributed by atoms with Crippen molar-refractivity contribution in [2.45, 2.75) is 25.2 Å². The molecular formula is C12H17N7O4. The number of ether oxygens (including phenoxy) is 1. The Bertz CT molecular complexity index is 712. The average Bonchev–Trinajstić information content (AvgIpc) is 2.70. The van der Waals surface area contributed by atoms with Crippen LogP contribution in [0, 0.1) is 5.92 Å². The summed E-state index contributed by atoms with van der Waals surface area (Å²) in [6.45, 7) is 1.55. The number of nitrogens with zero attached hydrogens (tertiary/aromatic N) is 7. The minimum Gasteiger partial charge on any atom is -0.387 e. The highest BCUT2D eigenvalue weighted by Crippen LogP contribution is 2.40. The monoisotopic (exact) mass is 323 g/mol. The molecule has 11 nitrogen and oxygen atoms in total. The van der Waals surface area contributed by atoms with Crippen molar-refractivity contribution in [1.82, 2.24) is 14.5 Å². The molecule has 0 bridgehead atoms. The number of aliphatic hydroxyl groups is 2.